The summed E-state index contributed by atoms with van der Waals surface area (Å²) in [5.41, 5.74) is 5.15. The number of aliphatic imine (C=N–C) groups is 1. The van der Waals surface area contributed by atoms with E-state index in [4.69, 9.17) is 0 Å². The summed E-state index contributed by atoms with van der Waals surface area (Å²) in [5, 5.41) is 9.95. The van der Waals surface area contributed by atoms with Gasteiger partial charge in [-0.1, -0.05) is 29.3 Å². The molecule has 2 rings (SSSR count). The number of aryl methyl sites for hydroxylation is 3. The zero-order valence-corrected chi connectivity index (χ0v) is 15.3. The van der Waals surface area contributed by atoms with Gasteiger partial charge in [-0.15, -0.1) is 11.3 Å². The van der Waals surface area contributed by atoms with E-state index in [0.29, 0.717) is 0 Å². The first-order valence-corrected chi connectivity index (χ1v) is 8.87. The van der Waals surface area contributed by atoms with Crippen LogP contribution in [-0.2, 0) is 12.8 Å². The molecule has 1 heterocycles. The predicted molar refractivity (Wildman–Crippen MR) is 99.5 cm³/mol. The van der Waals surface area contributed by atoms with Gasteiger partial charge in [-0.3, -0.25) is 4.99 Å². The normalized spacial score (nSPS) is 11.6. The van der Waals surface area contributed by atoms with E-state index in [1.807, 2.05) is 6.92 Å². The number of nitrogens with zero attached hydrogens (tertiary/aromatic N) is 2. The Morgan fingerprint density at radius 1 is 1.04 bits per heavy atom. The third-order valence-corrected chi connectivity index (χ3v) is 4.37. The van der Waals surface area contributed by atoms with E-state index in [1.54, 1.807) is 18.4 Å². The molecular formula is C18H26N4S. The zero-order valence-electron chi connectivity index (χ0n) is 14.4. The highest BCUT2D eigenvalue weighted by molar-refractivity contribution is 7.09. The minimum Gasteiger partial charge on any atom is -0.356 e. The van der Waals surface area contributed by atoms with Gasteiger partial charge in [0.05, 0.1) is 10.7 Å². The molecule has 0 fully saturated rings. The van der Waals surface area contributed by atoms with E-state index >= 15 is 0 Å². The number of nitrogens with one attached hydrogen (secondary N) is 2. The number of rotatable bonds is 6. The van der Waals surface area contributed by atoms with Crippen molar-refractivity contribution >= 4 is 17.3 Å². The van der Waals surface area contributed by atoms with Crippen LogP contribution in [-0.4, -0.2) is 31.1 Å². The molecule has 0 saturated carbocycles. The molecule has 0 amide bonds. The summed E-state index contributed by atoms with van der Waals surface area (Å²) in [6.07, 6.45) is 1.91. The summed E-state index contributed by atoms with van der Waals surface area (Å²) in [4.78, 5) is 8.74. The first-order valence-electron chi connectivity index (χ1n) is 7.99. The molecule has 0 saturated heterocycles. The second-order valence-electron chi connectivity index (χ2n) is 5.78. The maximum absolute atomic E-state index is 4.47. The highest BCUT2D eigenvalue weighted by atomic mass is 32.1. The van der Waals surface area contributed by atoms with Crippen molar-refractivity contribution in [2.45, 2.75) is 33.6 Å². The molecule has 2 N–H and O–H groups in total. The third kappa shape index (κ3) is 6.02. The van der Waals surface area contributed by atoms with E-state index in [9.17, 15) is 0 Å². The van der Waals surface area contributed by atoms with Gasteiger partial charge < -0.3 is 10.6 Å². The molecule has 0 bridgehead atoms. The van der Waals surface area contributed by atoms with Crippen LogP contribution in [0.15, 0.2) is 28.6 Å². The van der Waals surface area contributed by atoms with Crippen LogP contribution in [0, 0.1) is 20.8 Å². The average molecular weight is 331 g/mol. The fourth-order valence-corrected chi connectivity index (χ4v) is 3.24. The monoisotopic (exact) mass is 330 g/mol. The predicted octanol–water partition coefficient (Wildman–Crippen LogP) is 3.02. The minimum atomic E-state index is 0.840. The van der Waals surface area contributed by atoms with Crippen molar-refractivity contribution in [2.75, 3.05) is 20.1 Å². The molecule has 0 aliphatic heterocycles. The van der Waals surface area contributed by atoms with E-state index < -0.39 is 0 Å². The van der Waals surface area contributed by atoms with Crippen molar-refractivity contribution < 1.29 is 0 Å². The number of thiazole rings is 1. The fraction of sp³-hybridized carbons (Fsp3) is 0.444. The summed E-state index contributed by atoms with van der Waals surface area (Å²) < 4.78 is 0. The molecule has 5 heteroatoms. The Balaban J connectivity index is 1.72. The molecule has 1 aromatic carbocycles. The first kappa shape index (κ1) is 17.5. The summed E-state index contributed by atoms with van der Waals surface area (Å²) in [6, 6.07) is 6.70. The van der Waals surface area contributed by atoms with Crippen molar-refractivity contribution in [3.63, 3.8) is 0 Å². The summed E-state index contributed by atoms with van der Waals surface area (Å²) in [7, 11) is 1.80. The van der Waals surface area contributed by atoms with Gasteiger partial charge in [-0.25, -0.2) is 4.98 Å². The van der Waals surface area contributed by atoms with Crippen LogP contribution < -0.4 is 10.6 Å². The SMILES string of the molecule is CN=C(NCCc1cc(C)cc(C)c1)NCCc1csc(C)n1. The lowest BCUT2D eigenvalue weighted by atomic mass is 10.1. The number of hydrogen-bond acceptors (Lipinski definition) is 3. The van der Waals surface area contributed by atoms with Crippen molar-refractivity contribution in [1.82, 2.24) is 15.6 Å². The first-order chi connectivity index (χ1) is 11.1. The Kier molecular flexibility index (Phi) is 6.59. The maximum atomic E-state index is 4.47. The Labute approximate surface area is 143 Å². The van der Waals surface area contributed by atoms with E-state index in [0.717, 1.165) is 42.6 Å². The van der Waals surface area contributed by atoms with Gasteiger partial charge in [0.15, 0.2) is 5.96 Å². The lowest BCUT2D eigenvalue weighted by Gasteiger charge is -2.12. The lowest BCUT2D eigenvalue weighted by Crippen LogP contribution is -2.39. The van der Waals surface area contributed by atoms with Crippen LogP contribution in [0.3, 0.4) is 0 Å². The van der Waals surface area contributed by atoms with Gasteiger partial charge in [0, 0.05) is 31.9 Å². The van der Waals surface area contributed by atoms with E-state index in [2.05, 4.69) is 58.0 Å². The van der Waals surface area contributed by atoms with Crippen molar-refractivity contribution in [2.24, 2.45) is 4.99 Å². The van der Waals surface area contributed by atoms with Crippen LogP contribution in [0.2, 0.25) is 0 Å². The van der Waals surface area contributed by atoms with E-state index in [-0.39, 0.29) is 0 Å². The molecule has 124 valence electrons. The molecule has 0 atom stereocenters. The Morgan fingerprint density at radius 3 is 2.26 bits per heavy atom. The smallest absolute Gasteiger partial charge is 0.190 e. The Morgan fingerprint density at radius 2 is 1.70 bits per heavy atom. The Hall–Kier alpha value is -1.88. The number of hydrogen-bond donors (Lipinski definition) is 2. The Bertz CT molecular complexity index is 641. The molecule has 0 unspecified atom stereocenters. The summed E-state index contributed by atoms with van der Waals surface area (Å²) in [6.45, 7) is 8.04. The van der Waals surface area contributed by atoms with Crippen molar-refractivity contribution in [1.29, 1.82) is 0 Å². The van der Waals surface area contributed by atoms with Crippen molar-refractivity contribution in [3.05, 3.63) is 51.0 Å². The average Bonchev–Trinajstić information content (AvgIpc) is 2.90. The zero-order chi connectivity index (χ0) is 16.7. The number of benzene rings is 1. The van der Waals surface area contributed by atoms with Crippen LogP contribution in [0.4, 0.5) is 0 Å². The molecule has 2 aromatic rings. The van der Waals surface area contributed by atoms with Gasteiger partial charge in [0.25, 0.3) is 0 Å². The maximum Gasteiger partial charge on any atom is 0.190 e. The largest absolute Gasteiger partial charge is 0.356 e. The lowest BCUT2D eigenvalue weighted by molar-refractivity contribution is 0.777. The highest BCUT2D eigenvalue weighted by Crippen LogP contribution is 2.09. The summed E-state index contributed by atoms with van der Waals surface area (Å²) >= 11 is 1.70. The fourth-order valence-electron chi connectivity index (χ4n) is 2.59. The van der Waals surface area contributed by atoms with Crippen LogP contribution >= 0.6 is 11.3 Å². The van der Waals surface area contributed by atoms with Crippen LogP contribution in [0.5, 0.6) is 0 Å². The molecule has 0 spiro atoms. The molecule has 23 heavy (non-hydrogen) atoms. The van der Waals surface area contributed by atoms with Gasteiger partial charge in [0.1, 0.15) is 0 Å². The van der Waals surface area contributed by atoms with Crippen LogP contribution in [0.1, 0.15) is 27.4 Å². The standard InChI is InChI=1S/C18H26N4S/c1-13-9-14(2)11-16(10-13)5-7-20-18(19-4)21-8-6-17-12-23-15(3)22-17/h9-12H,5-8H2,1-4H3,(H2,19,20,21). The molecular weight excluding hydrogens is 304 g/mol. The molecule has 0 aliphatic carbocycles. The van der Waals surface area contributed by atoms with E-state index in [1.165, 1.54) is 16.7 Å². The van der Waals surface area contributed by atoms with Gasteiger partial charge >= 0.3 is 0 Å². The number of aromatic nitrogens is 1. The second-order valence-corrected chi connectivity index (χ2v) is 6.84. The van der Waals surface area contributed by atoms with Crippen molar-refractivity contribution in [3.8, 4) is 0 Å². The van der Waals surface area contributed by atoms with Gasteiger partial charge in [-0.2, -0.15) is 0 Å². The summed E-state index contributed by atoms with van der Waals surface area (Å²) in [5.74, 6) is 0.848. The molecule has 0 radical (unpaired) electrons. The molecule has 1 aromatic heterocycles. The minimum absolute atomic E-state index is 0.840. The highest BCUT2D eigenvalue weighted by Gasteiger charge is 2.01. The van der Waals surface area contributed by atoms with Gasteiger partial charge in [-0.05, 0) is 32.8 Å². The van der Waals surface area contributed by atoms with Gasteiger partial charge in [0.2, 0.25) is 0 Å². The molecule has 4 nitrogen and oxygen atoms in total. The topological polar surface area (TPSA) is 49.3 Å². The molecule has 0 aliphatic rings. The number of guanidine groups is 1. The quantitative estimate of drug-likeness (QED) is 0.632. The van der Waals surface area contributed by atoms with Crippen LogP contribution in [0.25, 0.3) is 0 Å². The third-order valence-electron chi connectivity index (χ3n) is 3.55. The second kappa shape index (κ2) is 8.67.